The smallest absolute Gasteiger partial charge is 0.289 e. The maximum atomic E-state index is 14.2. The Morgan fingerprint density at radius 1 is 0.352 bits per heavy atom. The molecule has 5 aromatic rings. The highest BCUT2D eigenvalue weighted by Crippen LogP contribution is 2.41. The molecule has 1 nitrogen and oxygen atoms in total. The van der Waals surface area contributed by atoms with E-state index >= 15 is 0 Å². The highest BCUT2D eigenvalue weighted by molar-refractivity contribution is 9.12. The molecule has 0 heterocycles. The van der Waals surface area contributed by atoms with Crippen LogP contribution in [-0.2, 0) is 60.3 Å². The summed E-state index contributed by atoms with van der Waals surface area (Å²) in [4.78, 5) is 11.7. The first-order valence-electron chi connectivity index (χ1n) is 18.7. The van der Waals surface area contributed by atoms with Gasteiger partial charge in [0.1, 0.15) is 6.15 Å². The zero-order valence-corrected chi connectivity index (χ0v) is 38.1. The minimum atomic E-state index is -6.13. The van der Waals surface area contributed by atoms with Crippen LogP contribution in [0.3, 0.4) is 0 Å². The molecule has 0 aromatic heterocycles. The fourth-order valence-corrected chi connectivity index (χ4v) is 11.1. The predicted molar refractivity (Wildman–Crippen MR) is 221 cm³/mol. The molecule has 71 heavy (non-hydrogen) atoms. The molecule has 0 atom stereocenters. The molecule has 0 aliphatic carbocycles. The van der Waals surface area contributed by atoms with Crippen LogP contribution in [0.1, 0.15) is 54.9 Å². The monoisotopic (exact) mass is 1200 g/mol. The molecule has 5 rings (SSSR count). The summed E-state index contributed by atoms with van der Waals surface area (Å²) in [6.07, 6.45) is -54.8. The van der Waals surface area contributed by atoms with Crippen molar-refractivity contribution in [3.63, 3.8) is 0 Å². The molecule has 0 unspecified atom stereocenters. The van der Waals surface area contributed by atoms with E-state index < -0.39 is 195 Å². The van der Waals surface area contributed by atoms with Crippen molar-refractivity contribution in [3.05, 3.63) is 153 Å². The number of alkyl halides is 26. The fourth-order valence-electron chi connectivity index (χ4n) is 7.07. The molecule has 0 spiro atoms. The van der Waals surface area contributed by atoms with Crippen molar-refractivity contribution >= 4 is 76.5 Å². The normalized spacial score (nSPS) is 13.6. The van der Waals surface area contributed by atoms with Gasteiger partial charge in [-0.1, -0.05) is 78.9 Å². The quantitative estimate of drug-likeness (QED) is 0.0473. The second-order valence-electron chi connectivity index (χ2n) is 15.0. The van der Waals surface area contributed by atoms with Crippen LogP contribution in [-0.4, -0.2) is 27.0 Å². The van der Waals surface area contributed by atoms with E-state index in [0.29, 0.717) is 5.75 Å². The van der Waals surface area contributed by atoms with E-state index in [0.717, 1.165) is 14.9 Å². The maximum absolute atomic E-state index is 14.2. The molecule has 29 heteroatoms. The van der Waals surface area contributed by atoms with E-state index in [1.165, 1.54) is 0 Å². The minimum absolute atomic E-state index is 0.115. The summed E-state index contributed by atoms with van der Waals surface area (Å²) < 4.78 is 343. The number of carbonyl (C=O) groups excluding carboxylic acids is 1. The summed E-state index contributed by atoms with van der Waals surface area (Å²) in [5.41, 5.74) is -29.4. The molecule has 0 fully saturated rings. The number of rotatable bonds is 9. The van der Waals surface area contributed by atoms with Gasteiger partial charge in [-0.15, -0.1) is 0 Å². The van der Waals surface area contributed by atoms with Gasteiger partial charge in [-0.2, -0.15) is 127 Å². The fraction of sp³-hybridized carbons (Fsp3) is 0.262. The largest absolute Gasteiger partial charge is 0.416 e. The lowest BCUT2D eigenvalue weighted by Gasteiger charge is -2.46. The standard InChI is InChI=1S/C32H12BF24.C10H11Br2OS/c34-25(35,36)13-1-14(26(37,38)39)6-21(5-13)33(22-7-15(27(40,41)42)2-16(8-22)28(43,44)45,23-9-17(29(46,47)48)3-18(10-23)30(49,50)51)24-11-19(31(52,53)54)4-20(12-24)32(55,56)57;11-7-14(8-12)6-10(13)9-4-2-1-3-5-9/h1-12H;1-5H,6-8H2/q-1;+1. The first-order chi connectivity index (χ1) is 32.0. The van der Waals surface area contributed by atoms with Crippen LogP contribution in [0, 0.1) is 0 Å². The Bertz CT molecular complexity index is 2240. The summed E-state index contributed by atoms with van der Waals surface area (Å²) in [6.45, 7) is 0. The van der Waals surface area contributed by atoms with Gasteiger partial charge in [0, 0.05) is 16.5 Å². The lowest BCUT2D eigenvalue weighted by Crippen LogP contribution is -2.75. The van der Waals surface area contributed by atoms with Crippen molar-refractivity contribution in [1.29, 1.82) is 0 Å². The summed E-state index contributed by atoms with van der Waals surface area (Å²) >= 11 is 6.81. The Kier molecular flexibility index (Phi) is 17.3. The number of ketones is 1. The van der Waals surface area contributed by atoms with Gasteiger partial charge in [-0.3, -0.25) is 4.79 Å². The number of benzene rings is 5. The van der Waals surface area contributed by atoms with E-state index in [1.807, 2.05) is 30.3 Å². The number of hydrogen-bond donors (Lipinski definition) is 0. The Morgan fingerprint density at radius 3 is 0.718 bits per heavy atom. The number of carbonyl (C=O) groups is 1. The van der Waals surface area contributed by atoms with Crippen LogP contribution >= 0.6 is 31.9 Å². The molecule has 0 N–H and O–H groups in total. The second kappa shape index (κ2) is 20.8. The lowest BCUT2D eigenvalue weighted by atomic mass is 9.12. The second-order valence-corrected chi connectivity index (χ2v) is 19.7. The zero-order valence-electron chi connectivity index (χ0n) is 34.2. The summed E-state index contributed by atoms with van der Waals surface area (Å²) in [5, 5.41) is 0. The van der Waals surface area contributed by atoms with E-state index in [4.69, 9.17) is 0 Å². The Balaban J connectivity index is 0.000000671. The number of hydrogen-bond acceptors (Lipinski definition) is 1. The molecule has 5 aromatic carbocycles. The third-order valence-electron chi connectivity index (χ3n) is 10.2. The maximum Gasteiger partial charge on any atom is 0.416 e. The molecule has 0 radical (unpaired) electrons. The molecule has 388 valence electrons. The molecule has 0 bridgehead atoms. The SMILES string of the molecule is FC(F)(F)c1cc([B-](c2cc(C(F)(F)F)cc(C(F)(F)F)c2)(c2cc(C(F)(F)F)cc(C(F)(F)F)c2)c2cc(C(F)(F)F)cc(C(F)(F)F)c2)cc(C(F)(F)F)c1.O=C(C[S+](CBr)CBr)c1ccccc1. The molecular weight excluding hydrogens is 1180 g/mol. The van der Waals surface area contributed by atoms with Crippen LogP contribution in [0.15, 0.2) is 103 Å². The molecule has 0 saturated heterocycles. The number of Topliss-reactive ketones (excluding diaryl/α,β-unsaturated/α-hetero) is 1. The number of halogens is 26. The molecule has 0 amide bonds. The van der Waals surface area contributed by atoms with E-state index in [-0.39, 0.29) is 16.7 Å². The minimum Gasteiger partial charge on any atom is -0.289 e. The third-order valence-corrected chi connectivity index (χ3v) is 15.4. The molecular formula is C42H23BBr2F24OS. The summed E-state index contributed by atoms with van der Waals surface area (Å²) in [5.74, 6) is 0.855. The Labute approximate surface area is 403 Å². The van der Waals surface area contributed by atoms with Crippen LogP contribution in [0.4, 0.5) is 105 Å². The molecule has 0 aliphatic heterocycles. The van der Waals surface area contributed by atoms with Crippen LogP contribution in [0.25, 0.3) is 0 Å². The topological polar surface area (TPSA) is 17.1 Å². The highest BCUT2D eigenvalue weighted by Gasteiger charge is 2.47. The Hall–Kier alpha value is -4.54. The predicted octanol–water partition coefficient (Wildman–Crippen LogP) is 14.4. The van der Waals surface area contributed by atoms with E-state index in [2.05, 4.69) is 31.9 Å². The third kappa shape index (κ3) is 14.4. The van der Waals surface area contributed by atoms with Crippen molar-refractivity contribution in [3.8, 4) is 0 Å². The van der Waals surface area contributed by atoms with Crippen LogP contribution in [0.5, 0.6) is 0 Å². The van der Waals surface area contributed by atoms with Crippen molar-refractivity contribution in [1.82, 2.24) is 0 Å². The molecule has 0 saturated carbocycles. The van der Waals surface area contributed by atoms with Crippen molar-refractivity contribution < 1.29 is 110 Å². The average molecular weight is 1200 g/mol. The van der Waals surface area contributed by atoms with Gasteiger partial charge >= 0.3 is 49.4 Å². The Morgan fingerprint density at radius 2 is 0.549 bits per heavy atom. The van der Waals surface area contributed by atoms with Gasteiger partial charge in [0.05, 0.1) is 44.5 Å². The van der Waals surface area contributed by atoms with Gasteiger partial charge in [-0.25, -0.2) is 0 Å². The highest BCUT2D eigenvalue weighted by atomic mass is 79.9. The van der Waals surface area contributed by atoms with Gasteiger partial charge < -0.3 is 0 Å². The lowest BCUT2D eigenvalue weighted by molar-refractivity contribution is -0.144. The summed E-state index contributed by atoms with van der Waals surface area (Å²) in [6, 6.07) is 0.640. The van der Waals surface area contributed by atoms with Gasteiger partial charge in [0.15, 0.2) is 15.1 Å². The van der Waals surface area contributed by atoms with Crippen LogP contribution in [0.2, 0.25) is 0 Å². The zero-order chi connectivity index (χ0) is 54.3. The van der Waals surface area contributed by atoms with Crippen molar-refractivity contribution in [2.75, 3.05) is 15.1 Å². The summed E-state index contributed by atoms with van der Waals surface area (Å²) in [7, 11) is 0.115. The van der Waals surface area contributed by atoms with Gasteiger partial charge in [-0.05, 0) is 56.1 Å². The first kappa shape index (κ1) is 59.0. The van der Waals surface area contributed by atoms with Gasteiger partial charge in [0.25, 0.3) is 0 Å². The van der Waals surface area contributed by atoms with Crippen molar-refractivity contribution in [2.45, 2.75) is 49.4 Å². The average Bonchev–Trinajstić information content (AvgIpc) is 3.23. The van der Waals surface area contributed by atoms with Gasteiger partial charge in [0.2, 0.25) is 5.78 Å². The van der Waals surface area contributed by atoms with E-state index in [1.54, 1.807) is 0 Å². The van der Waals surface area contributed by atoms with Crippen LogP contribution < -0.4 is 21.9 Å². The first-order valence-corrected chi connectivity index (χ1v) is 22.7. The van der Waals surface area contributed by atoms with E-state index in [9.17, 15) is 110 Å². The van der Waals surface area contributed by atoms with Crippen molar-refractivity contribution in [2.24, 2.45) is 0 Å². The molecule has 0 aliphatic rings.